The molecule has 3 aromatic carbocycles. The first-order chi connectivity index (χ1) is 28.4. The lowest BCUT2D eigenvalue weighted by atomic mass is 9.84. The van der Waals surface area contributed by atoms with E-state index in [1.807, 2.05) is 72.8 Å². The fourth-order valence-corrected chi connectivity index (χ4v) is 9.79. The zero-order valence-electron chi connectivity index (χ0n) is 34.3. The van der Waals surface area contributed by atoms with Crippen molar-refractivity contribution < 1.29 is 39.0 Å². The monoisotopic (exact) mass is 843 g/mol. The van der Waals surface area contributed by atoms with Crippen molar-refractivity contribution in [2.45, 2.75) is 101 Å². The molecule has 8 N–H and O–H groups in total. The Bertz CT molecular complexity index is 1990. The molecule has 0 radical (unpaired) electrons. The van der Waals surface area contributed by atoms with Crippen LogP contribution in [0.4, 0.5) is 15.3 Å². The SMILES string of the molecule is CC(C)[C@H](NC(=O)O)C(=O)N1CCC[C@@]1(C(N)=O)c1ccc(C2CC[C@H](c3ccc([C@]4(C(N)=O)CCCN4C(=O)[C@@H](NC(=O)O)C(C)C)cc3)N2c2ccc(Cl)cc2)cc1. The second kappa shape index (κ2) is 17.4. The van der Waals surface area contributed by atoms with Crippen LogP contribution in [0.2, 0.25) is 5.02 Å². The van der Waals surface area contributed by atoms with Crippen molar-refractivity contribution in [2.75, 3.05) is 18.0 Å². The molecule has 6 rings (SSSR count). The fraction of sp³-hybridized carbons (Fsp3) is 0.455. The molecule has 0 bridgehead atoms. The van der Waals surface area contributed by atoms with Crippen LogP contribution in [0.15, 0.2) is 72.8 Å². The molecule has 3 fully saturated rings. The van der Waals surface area contributed by atoms with E-state index in [1.165, 1.54) is 9.80 Å². The smallest absolute Gasteiger partial charge is 0.405 e. The fourth-order valence-electron chi connectivity index (χ4n) is 9.66. The largest absolute Gasteiger partial charge is 0.465 e. The standard InChI is InChI=1S/C44H54ClN7O8/c1-25(2)35(48-41(57)58)37(53)50-23-5-21-43(50,39(46)55)29-11-7-27(8-12-29)33-19-20-34(52(33)32-17-15-31(45)16-18-32)28-9-13-30(14-10-28)44(40(47)56)22-6-24-51(44)38(54)36(26(3)4)49-42(59)60/h7-18,25-26,33-36,48-49H,5-6,19-24H2,1-4H3,(H2,46,55)(H2,47,56)(H,57,58)(H,59,60)/t33-,34?,35+,36+,43+,44+/m1/s1. The molecule has 3 saturated heterocycles. The molecule has 6 atom stereocenters. The van der Waals surface area contributed by atoms with Crippen molar-refractivity contribution in [3.63, 3.8) is 0 Å². The average molecular weight is 844 g/mol. The van der Waals surface area contributed by atoms with Gasteiger partial charge in [0.25, 0.3) is 0 Å². The quantitative estimate of drug-likeness (QED) is 0.125. The number of nitrogens with zero attached hydrogens (tertiary/aromatic N) is 3. The lowest BCUT2D eigenvalue weighted by molar-refractivity contribution is -0.146. The summed E-state index contributed by atoms with van der Waals surface area (Å²) in [5.74, 6) is -3.13. The summed E-state index contributed by atoms with van der Waals surface area (Å²) < 4.78 is 0. The van der Waals surface area contributed by atoms with E-state index < -0.39 is 59.0 Å². The molecule has 0 aromatic heterocycles. The van der Waals surface area contributed by atoms with E-state index in [4.69, 9.17) is 23.1 Å². The summed E-state index contributed by atoms with van der Waals surface area (Å²) in [7, 11) is 0. The van der Waals surface area contributed by atoms with Gasteiger partial charge in [-0.25, -0.2) is 9.59 Å². The topological polar surface area (TPSA) is 229 Å². The Morgan fingerprint density at radius 3 is 1.32 bits per heavy atom. The summed E-state index contributed by atoms with van der Waals surface area (Å²) >= 11 is 6.34. The van der Waals surface area contributed by atoms with E-state index in [9.17, 15) is 39.0 Å². The normalized spacial score (nSPS) is 23.8. The summed E-state index contributed by atoms with van der Waals surface area (Å²) in [5, 5.41) is 24.1. The number of carbonyl (C=O) groups excluding carboxylic acids is 4. The summed E-state index contributed by atoms with van der Waals surface area (Å²) in [6.45, 7) is 7.44. The minimum Gasteiger partial charge on any atom is -0.465 e. The van der Waals surface area contributed by atoms with Gasteiger partial charge in [0.05, 0.1) is 12.1 Å². The number of carboxylic acid groups (broad SMARTS) is 2. The third kappa shape index (κ3) is 7.94. The minimum absolute atomic E-state index is 0.129. The molecule has 1 unspecified atom stereocenters. The number of hydrogen-bond donors (Lipinski definition) is 6. The molecule has 3 aliphatic rings. The van der Waals surface area contributed by atoms with Crippen LogP contribution in [0, 0.1) is 11.8 Å². The van der Waals surface area contributed by atoms with Gasteiger partial charge in [-0.15, -0.1) is 0 Å². The van der Waals surface area contributed by atoms with Gasteiger partial charge in [-0.2, -0.15) is 0 Å². The van der Waals surface area contributed by atoms with Crippen molar-refractivity contribution in [3.8, 4) is 0 Å². The first-order valence-corrected chi connectivity index (χ1v) is 20.8. The van der Waals surface area contributed by atoms with Gasteiger partial charge in [-0.3, -0.25) is 19.2 Å². The highest BCUT2D eigenvalue weighted by atomic mass is 35.5. The first kappa shape index (κ1) is 43.7. The molecule has 0 spiro atoms. The Hall–Kier alpha value is -5.83. The minimum atomic E-state index is -1.46. The van der Waals surface area contributed by atoms with Crippen molar-refractivity contribution in [1.82, 2.24) is 20.4 Å². The summed E-state index contributed by atoms with van der Waals surface area (Å²) in [4.78, 5) is 82.9. The van der Waals surface area contributed by atoms with Crippen LogP contribution < -0.4 is 27.0 Å². The highest BCUT2D eigenvalue weighted by molar-refractivity contribution is 6.30. The van der Waals surface area contributed by atoms with Crippen molar-refractivity contribution in [3.05, 3.63) is 100 Å². The van der Waals surface area contributed by atoms with Gasteiger partial charge in [0.2, 0.25) is 23.6 Å². The number of hydrogen-bond acceptors (Lipinski definition) is 7. The maximum absolute atomic E-state index is 13.9. The summed E-state index contributed by atoms with van der Waals surface area (Å²) in [6.07, 6.45) is 0.443. The zero-order chi connectivity index (χ0) is 43.7. The predicted molar refractivity (Wildman–Crippen MR) is 225 cm³/mol. The molecule has 320 valence electrons. The van der Waals surface area contributed by atoms with Gasteiger partial charge in [-0.1, -0.05) is 87.8 Å². The van der Waals surface area contributed by atoms with Crippen LogP contribution in [0.1, 0.15) is 101 Å². The molecule has 3 aromatic rings. The number of nitrogens with two attached hydrogens (primary N) is 2. The van der Waals surface area contributed by atoms with Crippen LogP contribution in [0.5, 0.6) is 0 Å². The van der Waals surface area contributed by atoms with Gasteiger partial charge in [0.15, 0.2) is 0 Å². The Kier molecular flexibility index (Phi) is 12.7. The number of likely N-dealkylation sites (tertiary alicyclic amines) is 2. The molecule has 0 saturated carbocycles. The molecule has 15 nitrogen and oxygen atoms in total. The Morgan fingerprint density at radius 2 is 1.00 bits per heavy atom. The van der Waals surface area contributed by atoms with E-state index in [1.54, 1.807) is 27.7 Å². The number of benzene rings is 3. The second-order valence-corrected chi connectivity index (χ2v) is 17.2. The molecule has 3 heterocycles. The third-order valence-corrected chi connectivity index (χ3v) is 12.8. The Labute approximate surface area is 354 Å². The summed E-state index contributed by atoms with van der Waals surface area (Å²) in [6, 6.07) is 20.3. The second-order valence-electron chi connectivity index (χ2n) is 16.7. The van der Waals surface area contributed by atoms with Gasteiger partial charge >= 0.3 is 12.2 Å². The summed E-state index contributed by atoms with van der Waals surface area (Å²) in [5.41, 5.74) is 13.2. The van der Waals surface area contributed by atoms with Gasteiger partial charge < -0.3 is 47.0 Å². The molecular formula is C44H54ClN7O8. The maximum Gasteiger partial charge on any atom is 0.405 e. The highest BCUT2D eigenvalue weighted by Gasteiger charge is 2.53. The third-order valence-electron chi connectivity index (χ3n) is 12.6. The lowest BCUT2D eigenvalue weighted by Crippen LogP contribution is -2.59. The Balaban J connectivity index is 1.32. The van der Waals surface area contributed by atoms with Gasteiger partial charge in [-0.05, 0) is 96.9 Å². The Morgan fingerprint density at radius 1 is 0.633 bits per heavy atom. The number of amides is 6. The zero-order valence-corrected chi connectivity index (χ0v) is 35.0. The number of primary amides is 2. The van der Waals surface area contributed by atoms with Crippen LogP contribution >= 0.6 is 11.6 Å². The number of halogens is 1. The van der Waals surface area contributed by atoms with Gasteiger partial charge in [0, 0.05) is 23.8 Å². The molecule has 6 amide bonds. The van der Waals surface area contributed by atoms with E-state index in [-0.39, 0.29) is 37.0 Å². The maximum atomic E-state index is 13.9. The van der Waals surface area contributed by atoms with E-state index in [0.29, 0.717) is 41.8 Å². The molecule has 3 aliphatic heterocycles. The number of rotatable bonds is 13. The van der Waals surface area contributed by atoms with Crippen molar-refractivity contribution in [2.24, 2.45) is 23.3 Å². The highest BCUT2D eigenvalue weighted by Crippen LogP contribution is 2.49. The number of nitrogens with one attached hydrogen (secondary N) is 2. The van der Waals surface area contributed by atoms with Crippen LogP contribution in [0.3, 0.4) is 0 Å². The van der Waals surface area contributed by atoms with Crippen LogP contribution in [0.25, 0.3) is 0 Å². The van der Waals surface area contributed by atoms with E-state index in [2.05, 4.69) is 15.5 Å². The van der Waals surface area contributed by atoms with Crippen LogP contribution in [-0.4, -0.2) is 81.0 Å². The van der Waals surface area contributed by atoms with E-state index >= 15 is 0 Å². The van der Waals surface area contributed by atoms with Crippen molar-refractivity contribution in [1.29, 1.82) is 0 Å². The van der Waals surface area contributed by atoms with Gasteiger partial charge in [0.1, 0.15) is 23.2 Å². The molecular weight excluding hydrogens is 790 g/mol. The first-order valence-electron chi connectivity index (χ1n) is 20.4. The molecule has 16 heteroatoms. The molecule has 60 heavy (non-hydrogen) atoms. The van der Waals surface area contributed by atoms with Crippen molar-refractivity contribution >= 4 is 53.1 Å². The predicted octanol–water partition coefficient (Wildman–Crippen LogP) is 5.61. The lowest BCUT2D eigenvalue weighted by Gasteiger charge is -2.39. The molecule has 0 aliphatic carbocycles. The average Bonchev–Trinajstić information content (AvgIpc) is 3.97. The van der Waals surface area contributed by atoms with Crippen LogP contribution in [-0.2, 0) is 30.3 Å². The number of carbonyl (C=O) groups is 6. The van der Waals surface area contributed by atoms with E-state index in [0.717, 1.165) is 29.7 Å². The number of anilines is 1.